The summed E-state index contributed by atoms with van der Waals surface area (Å²) in [4.78, 5) is 33.2. The van der Waals surface area contributed by atoms with Gasteiger partial charge in [0.05, 0.1) is 23.6 Å². The molecule has 2 heterocycles. The number of ether oxygens (including phenoxy) is 2. The van der Waals surface area contributed by atoms with Crippen LogP contribution in [0.15, 0.2) is 18.2 Å². The fraction of sp³-hybridized carbons (Fsp3) is 0.500. The Bertz CT molecular complexity index is 911. The molecule has 0 spiro atoms. The monoisotopic (exact) mass is 389 g/mol. The SMILES string of the molecule is COc1nc(N2CC[C@@H](NC(=O)OC(C)(C)C)C2)c2ccc([N+](=O)[O-])cc2n1. The summed E-state index contributed by atoms with van der Waals surface area (Å²) >= 11 is 0. The summed E-state index contributed by atoms with van der Waals surface area (Å²) in [6.07, 6.45) is 0.264. The number of nitrogens with one attached hydrogen (secondary N) is 1. The van der Waals surface area contributed by atoms with Gasteiger partial charge in [0, 0.05) is 30.6 Å². The van der Waals surface area contributed by atoms with Crippen molar-refractivity contribution in [3.8, 4) is 6.01 Å². The largest absolute Gasteiger partial charge is 0.467 e. The van der Waals surface area contributed by atoms with E-state index < -0.39 is 16.6 Å². The molecular formula is C18H23N5O5. The van der Waals surface area contributed by atoms with Gasteiger partial charge in [0.25, 0.3) is 5.69 Å². The second kappa shape index (κ2) is 7.45. The number of fused-ring (bicyclic) bond motifs is 1. The van der Waals surface area contributed by atoms with E-state index in [0.29, 0.717) is 29.8 Å². The van der Waals surface area contributed by atoms with Crippen LogP contribution in [0.1, 0.15) is 27.2 Å². The molecule has 1 atom stereocenters. The number of nitro benzene ring substituents is 1. The molecule has 1 aliphatic heterocycles. The minimum atomic E-state index is -0.562. The van der Waals surface area contributed by atoms with Crippen molar-refractivity contribution in [2.75, 3.05) is 25.1 Å². The van der Waals surface area contributed by atoms with Gasteiger partial charge < -0.3 is 19.7 Å². The predicted octanol–water partition coefficient (Wildman–Crippen LogP) is 2.65. The topological polar surface area (TPSA) is 120 Å². The molecule has 0 unspecified atom stereocenters. The molecule has 28 heavy (non-hydrogen) atoms. The molecule has 0 radical (unpaired) electrons. The molecule has 1 saturated heterocycles. The maximum atomic E-state index is 12.0. The summed E-state index contributed by atoms with van der Waals surface area (Å²) < 4.78 is 10.5. The lowest BCUT2D eigenvalue weighted by Gasteiger charge is -2.22. The van der Waals surface area contributed by atoms with Gasteiger partial charge >= 0.3 is 12.1 Å². The highest BCUT2D eigenvalue weighted by molar-refractivity contribution is 5.91. The summed E-state index contributed by atoms with van der Waals surface area (Å²) in [5.74, 6) is 0.616. The second-order valence-electron chi connectivity index (χ2n) is 7.57. The normalized spacial score (nSPS) is 16.9. The fourth-order valence-corrected chi connectivity index (χ4v) is 3.07. The van der Waals surface area contributed by atoms with Gasteiger partial charge in [0.15, 0.2) is 0 Å². The summed E-state index contributed by atoms with van der Waals surface area (Å²) in [6, 6.07) is 4.50. The summed E-state index contributed by atoms with van der Waals surface area (Å²) in [5, 5.41) is 14.6. The van der Waals surface area contributed by atoms with Crippen molar-refractivity contribution in [2.24, 2.45) is 0 Å². The average Bonchev–Trinajstić information content (AvgIpc) is 3.06. The molecule has 0 aliphatic carbocycles. The molecule has 1 fully saturated rings. The number of amides is 1. The minimum Gasteiger partial charge on any atom is -0.467 e. The van der Waals surface area contributed by atoms with E-state index in [0.717, 1.165) is 6.42 Å². The third-order valence-corrected chi connectivity index (χ3v) is 4.24. The molecule has 1 amide bonds. The lowest BCUT2D eigenvalue weighted by molar-refractivity contribution is -0.384. The van der Waals surface area contributed by atoms with Crippen LogP contribution < -0.4 is 15.0 Å². The number of nitro groups is 1. The summed E-state index contributed by atoms with van der Waals surface area (Å²) in [6.45, 7) is 6.63. The predicted molar refractivity (Wildman–Crippen MR) is 103 cm³/mol. The Kier molecular flexibility index (Phi) is 5.21. The molecule has 10 nitrogen and oxygen atoms in total. The maximum absolute atomic E-state index is 12.0. The number of carbonyl (C=O) groups excluding carboxylic acids is 1. The second-order valence-corrected chi connectivity index (χ2v) is 7.57. The standard InChI is InChI=1S/C18H23N5O5/c1-18(2,3)28-17(24)19-11-7-8-22(10-11)15-13-6-5-12(23(25)26)9-14(13)20-16(21-15)27-4/h5-6,9,11H,7-8,10H2,1-4H3,(H,19,24)/t11-/m1/s1. The van der Waals surface area contributed by atoms with Gasteiger partial charge in [-0.2, -0.15) is 9.97 Å². The van der Waals surface area contributed by atoms with Crippen molar-refractivity contribution in [1.82, 2.24) is 15.3 Å². The number of benzene rings is 1. The van der Waals surface area contributed by atoms with Crippen LogP contribution in [0.2, 0.25) is 0 Å². The molecule has 10 heteroatoms. The van der Waals surface area contributed by atoms with Crippen molar-refractivity contribution in [2.45, 2.75) is 38.8 Å². The third-order valence-electron chi connectivity index (χ3n) is 4.24. The average molecular weight is 389 g/mol. The Balaban J connectivity index is 1.83. The van der Waals surface area contributed by atoms with E-state index >= 15 is 0 Å². The third kappa shape index (κ3) is 4.38. The van der Waals surface area contributed by atoms with E-state index in [2.05, 4.69) is 15.3 Å². The highest BCUT2D eigenvalue weighted by Gasteiger charge is 2.28. The van der Waals surface area contributed by atoms with Crippen LogP contribution in [0.4, 0.5) is 16.3 Å². The molecule has 150 valence electrons. The first-order chi connectivity index (χ1) is 13.2. The number of non-ortho nitro benzene ring substituents is 1. The number of anilines is 1. The Morgan fingerprint density at radius 3 is 2.75 bits per heavy atom. The zero-order valence-corrected chi connectivity index (χ0v) is 16.3. The summed E-state index contributed by atoms with van der Waals surface area (Å²) in [5.41, 5.74) is -0.183. The molecule has 1 N–H and O–H groups in total. The quantitative estimate of drug-likeness (QED) is 0.626. The Morgan fingerprint density at radius 2 is 2.11 bits per heavy atom. The molecule has 1 aliphatic rings. The van der Waals surface area contributed by atoms with Gasteiger partial charge in [-0.25, -0.2) is 4.79 Å². The molecule has 2 aromatic rings. The van der Waals surface area contributed by atoms with Crippen LogP contribution in [0.3, 0.4) is 0 Å². The van der Waals surface area contributed by atoms with E-state index in [4.69, 9.17) is 9.47 Å². The Hall–Kier alpha value is -3.17. The first-order valence-electron chi connectivity index (χ1n) is 8.91. The van der Waals surface area contributed by atoms with Gasteiger partial charge in [0.1, 0.15) is 11.4 Å². The number of carbonyl (C=O) groups is 1. The fourth-order valence-electron chi connectivity index (χ4n) is 3.07. The van der Waals surface area contributed by atoms with E-state index in [9.17, 15) is 14.9 Å². The zero-order chi connectivity index (χ0) is 20.5. The molecule has 3 rings (SSSR count). The van der Waals surface area contributed by atoms with Gasteiger partial charge in [-0.1, -0.05) is 0 Å². The van der Waals surface area contributed by atoms with E-state index in [-0.39, 0.29) is 17.7 Å². The number of alkyl carbamates (subject to hydrolysis) is 1. The van der Waals surface area contributed by atoms with Crippen molar-refractivity contribution < 1.29 is 19.2 Å². The van der Waals surface area contributed by atoms with Gasteiger partial charge in [-0.05, 0) is 33.3 Å². The van der Waals surface area contributed by atoms with Crippen molar-refractivity contribution in [3.63, 3.8) is 0 Å². The van der Waals surface area contributed by atoms with Gasteiger partial charge in [-0.15, -0.1) is 0 Å². The first kappa shape index (κ1) is 19.6. The maximum Gasteiger partial charge on any atom is 0.407 e. The number of nitrogens with zero attached hydrogens (tertiary/aromatic N) is 4. The summed E-state index contributed by atoms with van der Waals surface area (Å²) in [7, 11) is 1.44. The van der Waals surface area contributed by atoms with Crippen LogP contribution >= 0.6 is 0 Å². The van der Waals surface area contributed by atoms with Gasteiger partial charge in [-0.3, -0.25) is 10.1 Å². The van der Waals surface area contributed by atoms with E-state index in [1.165, 1.54) is 19.2 Å². The van der Waals surface area contributed by atoms with Crippen LogP contribution in [0.25, 0.3) is 10.9 Å². The number of rotatable bonds is 4. The van der Waals surface area contributed by atoms with Crippen molar-refractivity contribution in [3.05, 3.63) is 28.3 Å². The highest BCUT2D eigenvalue weighted by atomic mass is 16.6. The van der Waals surface area contributed by atoms with Crippen LogP contribution in [-0.4, -0.2) is 52.8 Å². The molecule has 0 saturated carbocycles. The molecular weight excluding hydrogens is 366 g/mol. The van der Waals surface area contributed by atoms with E-state index in [1.54, 1.807) is 6.07 Å². The lowest BCUT2D eigenvalue weighted by Crippen LogP contribution is -2.40. The first-order valence-corrected chi connectivity index (χ1v) is 8.91. The molecule has 1 aromatic heterocycles. The highest BCUT2D eigenvalue weighted by Crippen LogP contribution is 2.31. The Labute approximate surface area is 162 Å². The number of hydrogen-bond acceptors (Lipinski definition) is 8. The van der Waals surface area contributed by atoms with Crippen LogP contribution in [-0.2, 0) is 4.74 Å². The lowest BCUT2D eigenvalue weighted by atomic mass is 10.2. The number of hydrogen-bond donors (Lipinski definition) is 1. The van der Waals surface area contributed by atoms with Crippen molar-refractivity contribution in [1.29, 1.82) is 0 Å². The van der Waals surface area contributed by atoms with Crippen LogP contribution in [0.5, 0.6) is 6.01 Å². The van der Waals surface area contributed by atoms with Crippen LogP contribution in [0, 0.1) is 10.1 Å². The smallest absolute Gasteiger partial charge is 0.407 e. The van der Waals surface area contributed by atoms with Crippen molar-refractivity contribution >= 4 is 28.5 Å². The van der Waals surface area contributed by atoms with E-state index in [1.807, 2.05) is 25.7 Å². The van der Waals surface area contributed by atoms with Gasteiger partial charge in [0.2, 0.25) is 0 Å². The Morgan fingerprint density at radius 1 is 1.36 bits per heavy atom. The molecule has 1 aromatic carbocycles. The minimum absolute atomic E-state index is 0.0508. The zero-order valence-electron chi connectivity index (χ0n) is 16.3. The number of methoxy groups -OCH3 is 1. The molecule has 0 bridgehead atoms. The number of aromatic nitrogens is 2.